The molecule has 12 heavy (non-hydrogen) atoms. The highest BCUT2D eigenvalue weighted by Gasteiger charge is 1.99. The van der Waals surface area contributed by atoms with Crippen molar-refractivity contribution in [3.05, 3.63) is 35.9 Å². The molecule has 0 spiro atoms. The van der Waals surface area contributed by atoms with Crippen LogP contribution in [0.4, 0.5) is 0 Å². The Labute approximate surface area is 76.6 Å². The average molecular weight is 181 g/mol. The Balaban J connectivity index is 2.88. The van der Waals surface area contributed by atoms with Crippen molar-refractivity contribution in [3.63, 3.8) is 0 Å². The lowest BCUT2D eigenvalue weighted by molar-refractivity contribution is 0.215. The van der Waals surface area contributed by atoms with Gasteiger partial charge in [-0.05, 0) is 6.26 Å². The molecule has 1 aromatic carbocycles. The van der Waals surface area contributed by atoms with Crippen molar-refractivity contribution in [3.8, 4) is 0 Å². The Bertz CT molecular complexity index is 258. The van der Waals surface area contributed by atoms with Gasteiger partial charge < -0.3 is 4.84 Å². The van der Waals surface area contributed by atoms with Crippen molar-refractivity contribution in [2.75, 3.05) is 13.4 Å². The van der Waals surface area contributed by atoms with Gasteiger partial charge in [0.15, 0.2) is 0 Å². The smallest absolute Gasteiger partial charge is 0.142 e. The third kappa shape index (κ3) is 2.27. The van der Waals surface area contributed by atoms with Crippen molar-refractivity contribution in [2.45, 2.75) is 0 Å². The molecule has 0 fully saturated rings. The van der Waals surface area contributed by atoms with Gasteiger partial charge in [-0.1, -0.05) is 35.5 Å². The lowest BCUT2D eigenvalue weighted by atomic mass is 10.2. The molecule has 1 aromatic rings. The fraction of sp³-hybridized carbons (Fsp3) is 0.222. The van der Waals surface area contributed by atoms with Crippen LogP contribution in [0.3, 0.4) is 0 Å². The summed E-state index contributed by atoms with van der Waals surface area (Å²) in [5.74, 6) is 0. The second-order valence-electron chi connectivity index (χ2n) is 2.15. The van der Waals surface area contributed by atoms with Crippen LogP contribution in [0, 0.1) is 0 Å². The summed E-state index contributed by atoms with van der Waals surface area (Å²) in [5, 5.41) is 4.79. The molecule has 0 saturated heterocycles. The van der Waals surface area contributed by atoms with Crippen LogP contribution in [0.1, 0.15) is 5.56 Å². The van der Waals surface area contributed by atoms with Gasteiger partial charge in [0.25, 0.3) is 0 Å². The van der Waals surface area contributed by atoms with E-state index in [0.717, 1.165) is 10.6 Å². The van der Waals surface area contributed by atoms with Crippen LogP contribution >= 0.6 is 11.8 Å². The van der Waals surface area contributed by atoms with Crippen LogP contribution in [0.25, 0.3) is 0 Å². The Hall–Kier alpha value is -0.960. The molecule has 0 unspecified atom stereocenters. The molecule has 0 N–H and O–H groups in total. The first kappa shape index (κ1) is 9.13. The van der Waals surface area contributed by atoms with E-state index in [9.17, 15) is 0 Å². The number of oxime groups is 1. The molecule has 3 heteroatoms. The zero-order chi connectivity index (χ0) is 8.81. The molecule has 2 nitrogen and oxygen atoms in total. The summed E-state index contributed by atoms with van der Waals surface area (Å²) in [6.45, 7) is 0. The second kappa shape index (κ2) is 4.83. The van der Waals surface area contributed by atoms with Crippen molar-refractivity contribution in [2.24, 2.45) is 5.16 Å². The topological polar surface area (TPSA) is 21.6 Å². The Kier molecular flexibility index (Phi) is 3.67. The van der Waals surface area contributed by atoms with E-state index in [-0.39, 0.29) is 0 Å². The van der Waals surface area contributed by atoms with Crippen molar-refractivity contribution in [1.82, 2.24) is 0 Å². The minimum absolute atomic E-state index is 0.901. The van der Waals surface area contributed by atoms with E-state index in [1.807, 2.05) is 36.6 Å². The van der Waals surface area contributed by atoms with Crippen molar-refractivity contribution in [1.29, 1.82) is 0 Å². The summed E-state index contributed by atoms with van der Waals surface area (Å²) < 4.78 is 0. The molecule has 0 bridgehead atoms. The molecule has 0 atom stereocenters. The van der Waals surface area contributed by atoms with Crippen LogP contribution in [-0.2, 0) is 4.84 Å². The number of hydrogen-bond donors (Lipinski definition) is 0. The Morgan fingerprint density at radius 2 is 2.00 bits per heavy atom. The minimum atomic E-state index is 0.901. The fourth-order valence-electron chi connectivity index (χ4n) is 0.871. The highest BCUT2D eigenvalue weighted by atomic mass is 32.2. The molecule has 0 aromatic heterocycles. The molecular formula is C9H11NOS. The van der Waals surface area contributed by atoms with Gasteiger partial charge in [0.2, 0.25) is 0 Å². The third-order valence-electron chi connectivity index (χ3n) is 1.39. The number of nitrogens with zero attached hydrogens (tertiary/aromatic N) is 1. The fourth-order valence-corrected chi connectivity index (χ4v) is 1.39. The molecule has 0 heterocycles. The Morgan fingerprint density at radius 1 is 1.33 bits per heavy atom. The van der Waals surface area contributed by atoms with E-state index in [1.165, 1.54) is 0 Å². The van der Waals surface area contributed by atoms with Gasteiger partial charge in [0.1, 0.15) is 12.2 Å². The molecule has 0 aliphatic rings. The molecule has 64 valence electrons. The van der Waals surface area contributed by atoms with Gasteiger partial charge in [0.05, 0.1) is 0 Å². The monoisotopic (exact) mass is 181 g/mol. The van der Waals surface area contributed by atoms with Gasteiger partial charge in [0, 0.05) is 5.56 Å². The maximum atomic E-state index is 4.72. The van der Waals surface area contributed by atoms with E-state index in [1.54, 1.807) is 18.9 Å². The number of rotatable bonds is 2. The zero-order valence-corrected chi connectivity index (χ0v) is 7.97. The average Bonchev–Trinajstić information content (AvgIpc) is 2.15. The minimum Gasteiger partial charge on any atom is -0.398 e. The normalized spacial score (nSPS) is 11.3. The standard InChI is InChI=1S/C9H11NOS/c1-11-10-9(12-2)8-6-4-3-5-7-8/h3-7H,1-2H3/b10-9+. The third-order valence-corrected chi connectivity index (χ3v) is 2.09. The maximum absolute atomic E-state index is 4.72. The molecule has 0 saturated carbocycles. The summed E-state index contributed by atoms with van der Waals surface area (Å²) in [6, 6.07) is 9.96. The first-order valence-electron chi connectivity index (χ1n) is 3.59. The van der Waals surface area contributed by atoms with Crippen molar-refractivity contribution < 1.29 is 4.84 Å². The van der Waals surface area contributed by atoms with Gasteiger partial charge in [-0.15, -0.1) is 11.8 Å². The van der Waals surface area contributed by atoms with E-state index in [2.05, 4.69) is 5.16 Å². The SMILES string of the molecule is CO/N=C(/SC)c1ccccc1. The number of thioether (sulfide) groups is 1. The van der Waals surface area contributed by atoms with E-state index in [4.69, 9.17) is 4.84 Å². The van der Waals surface area contributed by atoms with Crippen LogP contribution < -0.4 is 0 Å². The summed E-state index contributed by atoms with van der Waals surface area (Å²) in [4.78, 5) is 4.72. The maximum Gasteiger partial charge on any atom is 0.142 e. The summed E-state index contributed by atoms with van der Waals surface area (Å²) >= 11 is 1.57. The zero-order valence-electron chi connectivity index (χ0n) is 7.15. The summed E-state index contributed by atoms with van der Waals surface area (Å²) in [5.41, 5.74) is 1.09. The number of benzene rings is 1. The van der Waals surface area contributed by atoms with Gasteiger partial charge in [-0.3, -0.25) is 0 Å². The van der Waals surface area contributed by atoms with Crippen LogP contribution in [-0.4, -0.2) is 18.4 Å². The molecule has 1 rings (SSSR count). The quantitative estimate of drug-likeness (QED) is 0.397. The highest BCUT2D eigenvalue weighted by molar-refractivity contribution is 8.13. The lowest BCUT2D eigenvalue weighted by Gasteiger charge is -2.00. The first-order valence-corrected chi connectivity index (χ1v) is 4.81. The predicted molar refractivity (Wildman–Crippen MR) is 53.5 cm³/mol. The predicted octanol–water partition coefficient (Wildman–Crippen LogP) is 2.36. The second-order valence-corrected chi connectivity index (χ2v) is 2.94. The molecule has 0 amide bonds. The van der Waals surface area contributed by atoms with Gasteiger partial charge in [-0.2, -0.15) is 0 Å². The van der Waals surface area contributed by atoms with E-state index < -0.39 is 0 Å². The van der Waals surface area contributed by atoms with Crippen LogP contribution in [0.2, 0.25) is 0 Å². The summed E-state index contributed by atoms with van der Waals surface area (Å²) in [6.07, 6.45) is 1.98. The van der Waals surface area contributed by atoms with Crippen LogP contribution in [0.15, 0.2) is 35.5 Å². The van der Waals surface area contributed by atoms with E-state index >= 15 is 0 Å². The van der Waals surface area contributed by atoms with Crippen LogP contribution in [0.5, 0.6) is 0 Å². The number of hydrogen-bond acceptors (Lipinski definition) is 3. The van der Waals surface area contributed by atoms with E-state index in [0.29, 0.717) is 0 Å². The molecular weight excluding hydrogens is 170 g/mol. The first-order chi connectivity index (χ1) is 5.88. The molecule has 0 radical (unpaired) electrons. The van der Waals surface area contributed by atoms with Crippen molar-refractivity contribution >= 4 is 16.8 Å². The largest absolute Gasteiger partial charge is 0.398 e. The molecule has 0 aliphatic heterocycles. The highest BCUT2D eigenvalue weighted by Crippen LogP contribution is 2.10. The van der Waals surface area contributed by atoms with Gasteiger partial charge in [-0.25, -0.2) is 0 Å². The lowest BCUT2D eigenvalue weighted by Crippen LogP contribution is -1.94. The molecule has 0 aliphatic carbocycles. The summed E-state index contributed by atoms with van der Waals surface area (Å²) in [7, 11) is 1.55. The van der Waals surface area contributed by atoms with Gasteiger partial charge >= 0.3 is 0 Å². The Morgan fingerprint density at radius 3 is 2.50 bits per heavy atom.